The zero-order valence-electron chi connectivity index (χ0n) is 18.7. The van der Waals surface area contributed by atoms with E-state index in [1.54, 1.807) is 0 Å². The van der Waals surface area contributed by atoms with E-state index in [-0.39, 0.29) is 27.8 Å². The average molecular weight is 520 g/mol. The van der Waals surface area contributed by atoms with Gasteiger partial charge < -0.3 is 15.5 Å². The first-order valence-electron chi connectivity index (χ1n) is 11.3. The highest BCUT2D eigenvalue weighted by Gasteiger charge is 2.31. The number of amides is 2. The summed E-state index contributed by atoms with van der Waals surface area (Å²) < 4.78 is 39.1. The number of benzene rings is 1. The van der Waals surface area contributed by atoms with Gasteiger partial charge >= 0.3 is 6.18 Å². The number of halogens is 4. The highest BCUT2D eigenvalue weighted by Crippen LogP contribution is 2.32. The molecule has 5 nitrogen and oxygen atoms in total. The molecule has 180 valence electrons. The molecule has 0 heterocycles. The SMILES string of the molecule is CCN(CCNC(=O)C1CCCC1)CCC(C)CNC(=O)c1cc(Br)cc(C(F)(F)F)c1. The van der Waals surface area contributed by atoms with E-state index in [0.29, 0.717) is 13.1 Å². The van der Waals surface area contributed by atoms with Crippen molar-refractivity contribution >= 4 is 27.7 Å². The fourth-order valence-corrected chi connectivity index (χ4v) is 4.35. The van der Waals surface area contributed by atoms with Crippen molar-refractivity contribution < 1.29 is 22.8 Å². The third-order valence-electron chi connectivity index (χ3n) is 5.94. The summed E-state index contributed by atoms with van der Waals surface area (Å²) in [4.78, 5) is 26.7. The molecular formula is C23H33BrF3N3O2. The lowest BCUT2D eigenvalue weighted by Gasteiger charge is -2.23. The first-order valence-corrected chi connectivity index (χ1v) is 12.1. The van der Waals surface area contributed by atoms with Crippen LogP contribution in [0.5, 0.6) is 0 Å². The van der Waals surface area contributed by atoms with Gasteiger partial charge in [0.1, 0.15) is 0 Å². The molecule has 0 spiro atoms. The molecule has 0 aromatic heterocycles. The molecule has 2 rings (SSSR count). The Kier molecular flexibility index (Phi) is 10.5. The van der Waals surface area contributed by atoms with Gasteiger partial charge in [0, 0.05) is 35.6 Å². The molecule has 1 aromatic rings. The summed E-state index contributed by atoms with van der Waals surface area (Å²) in [6.07, 6.45) is 0.578. The maximum atomic E-state index is 13.0. The summed E-state index contributed by atoms with van der Waals surface area (Å²) in [5.41, 5.74) is -0.879. The van der Waals surface area contributed by atoms with E-state index in [0.717, 1.165) is 63.9 Å². The van der Waals surface area contributed by atoms with Gasteiger partial charge in [0.05, 0.1) is 5.56 Å². The van der Waals surface area contributed by atoms with Crippen molar-refractivity contribution in [2.75, 3.05) is 32.7 Å². The Hall–Kier alpha value is -1.61. The normalized spacial score (nSPS) is 15.7. The van der Waals surface area contributed by atoms with E-state index < -0.39 is 17.6 Å². The van der Waals surface area contributed by atoms with Crippen LogP contribution in [0, 0.1) is 11.8 Å². The molecule has 9 heteroatoms. The average Bonchev–Trinajstić information content (AvgIpc) is 3.28. The standard InChI is InChI=1S/C23H33BrF3N3O2/c1-3-30(11-9-28-21(31)17-6-4-5-7-17)10-8-16(2)15-29-22(32)18-12-19(23(25,26)27)14-20(24)13-18/h12-14,16-17H,3-11,15H2,1-2H3,(H,28,31)(H,29,32). The van der Waals surface area contributed by atoms with Gasteiger partial charge in [0.15, 0.2) is 0 Å². The van der Waals surface area contributed by atoms with Gasteiger partial charge in [-0.05, 0) is 56.5 Å². The van der Waals surface area contributed by atoms with Crippen molar-refractivity contribution in [1.29, 1.82) is 0 Å². The number of nitrogens with one attached hydrogen (secondary N) is 2. The van der Waals surface area contributed by atoms with Crippen LogP contribution in [-0.4, -0.2) is 49.4 Å². The van der Waals surface area contributed by atoms with Gasteiger partial charge in [-0.15, -0.1) is 0 Å². The summed E-state index contributed by atoms with van der Waals surface area (Å²) in [5, 5.41) is 5.77. The van der Waals surface area contributed by atoms with Gasteiger partial charge in [-0.1, -0.05) is 42.6 Å². The van der Waals surface area contributed by atoms with E-state index >= 15 is 0 Å². The molecule has 1 aliphatic rings. The minimum Gasteiger partial charge on any atom is -0.355 e. The molecule has 1 unspecified atom stereocenters. The summed E-state index contributed by atoms with van der Waals surface area (Å²) in [6.45, 7) is 7.51. The summed E-state index contributed by atoms with van der Waals surface area (Å²) in [6, 6.07) is 3.20. The lowest BCUT2D eigenvalue weighted by Crippen LogP contribution is -2.38. The number of nitrogens with zero attached hydrogens (tertiary/aromatic N) is 1. The Bertz CT molecular complexity index is 767. The minimum atomic E-state index is -4.51. The van der Waals surface area contributed by atoms with Gasteiger partial charge in [-0.25, -0.2) is 0 Å². The van der Waals surface area contributed by atoms with Crippen LogP contribution in [-0.2, 0) is 11.0 Å². The van der Waals surface area contributed by atoms with E-state index in [4.69, 9.17) is 0 Å². The molecule has 0 aliphatic heterocycles. The Balaban J connectivity index is 1.72. The highest BCUT2D eigenvalue weighted by atomic mass is 79.9. The first-order chi connectivity index (χ1) is 15.1. The molecule has 1 atom stereocenters. The fourth-order valence-electron chi connectivity index (χ4n) is 3.86. The molecule has 0 bridgehead atoms. The summed E-state index contributed by atoms with van der Waals surface area (Å²) in [7, 11) is 0. The van der Waals surface area contributed by atoms with Crippen molar-refractivity contribution in [3.05, 3.63) is 33.8 Å². The third kappa shape index (κ3) is 8.73. The maximum Gasteiger partial charge on any atom is 0.416 e. The Labute approximate surface area is 196 Å². The second-order valence-corrected chi connectivity index (χ2v) is 9.45. The smallest absolute Gasteiger partial charge is 0.355 e. The van der Waals surface area contributed by atoms with Crippen molar-refractivity contribution in [3.63, 3.8) is 0 Å². The number of likely N-dealkylation sites (N-methyl/N-ethyl adjacent to an activating group) is 1. The van der Waals surface area contributed by atoms with Gasteiger partial charge in [0.2, 0.25) is 5.91 Å². The van der Waals surface area contributed by atoms with Crippen molar-refractivity contribution in [1.82, 2.24) is 15.5 Å². The van der Waals surface area contributed by atoms with Gasteiger partial charge in [0.25, 0.3) is 5.91 Å². The van der Waals surface area contributed by atoms with Crippen molar-refractivity contribution in [3.8, 4) is 0 Å². The van der Waals surface area contributed by atoms with E-state index in [1.165, 1.54) is 6.07 Å². The number of rotatable bonds is 11. The molecule has 1 aliphatic carbocycles. The lowest BCUT2D eigenvalue weighted by atomic mass is 10.1. The molecule has 1 fully saturated rings. The monoisotopic (exact) mass is 519 g/mol. The van der Waals surface area contributed by atoms with Crippen LogP contribution in [0.2, 0.25) is 0 Å². The molecule has 0 saturated heterocycles. The topological polar surface area (TPSA) is 61.4 Å². The van der Waals surface area contributed by atoms with Crippen LogP contribution < -0.4 is 10.6 Å². The molecule has 2 N–H and O–H groups in total. The number of hydrogen-bond acceptors (Lipinski definition) is 3. The molecule has 1 aromatic carbocycles. The van der Waals surface area contributed by atoms with Crippen LogP contribution in [0.4, 0.5) is 13.2 Å². The Morgan fingerprint density at radius 3 is 2.47 bits per heavy atom. The minimum absolute atomic E-state index is 0.0212. The number of hydrogen-bond donors (Lipinski definition) is 2. The molecular weight excluding hydrogens is 487 g/mol. The predicted octanol–water partition coefficient (Wildman–Crippen LogP) is 4.85. The molecule has 1 saturated carbocycles. The second kappa shape index (κ2) is 12.6. The van der Waals surface area contributed by atoms with Crippen LogP contribution in [0.1, 0.15) is 61.9 Å². The molecule has 2 amide bonds. The number of alkyl halides is 3. The fraction of sp³-hybridized carbons (Fsp3) is 0.652. The van der Waals surface area contributed by atoms with Crippen LogP contribution in [0.15, 0.2) is 22.7 Å². The molecule has 32 heavy (non-hydrogen) atoms. The van der Waals surface area contributed by atoms with Crippen LogP contribution in [0.3, 0.4) is 0 Å². The predicted molar refractivity (Wildman–Crippen MR) is 122 cm³/mol. The van der Waals surface area contributed by atoms with Crippen LogP contribution in [0.25, 0.3) is 0 Å². The van der Waals surface area contributed by atoms with Gasteiger partial charge in [-0.3, -0.25) is 9.59 Å². The summed E-state index contributed by atoms with van der Waals surface area (Å²) in [5.74, 6) is -0.0250. The Morgan fingerprint density at radius 2 is 1.84 bits per heavy atom. The van der Waals surface area contributed by atoms with Crippen molar-refractivity contribution in [2.45, 2.75) is 52.1 Å². The first kappa shape index (κ1) is 26.6. The second-order valence-electron chi connectivity index (χ2n) is 8.54. The zero-order valence-corrected chi connectivity index (χ0v) is 20.3. The largest absolute Gasteiger partial charge is 0.416 e. The quantitative estimate of drug-likeness (QED) is 0.439. The highest BCUT2D eigenvalue weighted by molar-refractivity contribution is 9.10. The van der Waals surface area contributed by atoms with E-state index in [2.05, 4.69) is 38.4 Å². The van der Waals surface area contributed by atoms with E-state index in [1.807, 2.05) is 6.92 Å². The zero-order chi connectivity index (χ0) is 23.7. The van der Waals surface area contributed by atoms with Gasteiger partial charge in [-0.2, -0.15) is 13.2 Å². The Morgan fingerprint density at radius 1 is 1.16 bits per heavy atom. The van der Waals surface area contributed by atoms with E-state index in [9.17, 15) is 22.8 Å². The number of carbonyl (C=O) groups is 2. The summed E-state index contributed by atoms with van der Waals surface area (Å²) >= 11 is 3.04. The lowest BCUT2D eigenvalue weighted by molar-refractivity contribution is -0.137. The third-order valence-corrected chi connectivity index (χ3v) is 6.39. The molecule has 0 radical (unpaired) electrons. The van der Waals surface area contributed by atoms with Crippen molar-refractivity contribution in [2.24, 2.45) is 11.8 Å². The maximum absolute atomic E-state index is 13.0. The number of carbonyl (C=O) groups excluding carboxylic acids is 2. The van der Waals surface area contributed by atoms with Crippen LogP contribution >= 0.6 is 15.9 Å².